The number of aryl methyl sites for hydroxylation is 1. The molecule has 0 saturated carbocycles. The van der Waals surface area contributed by atoms with E-state index in [1.54, 1.807) is 0 Å². The fourth-order valence-corrected chi connectivity index (χ4v) is 3.13. The molecule has 0 radical (unpaired) electrons. The molecule has 1 fully saturated rings. The Morgan fingerprint density at radius 3 is 2.54 bits per heavy atom. The van der Waals surface area contributed by atoms with Crippen molar-refractivity contribution >= 4 is 28.9 Å². The molecular formula is C19H22ClN3O. The van der Waals surface area contributed by atoms with Gasteiger partial charge in [0.2, 0.25) is 5.91 Å². The van der Waals surface area contributed by atoms with Crippen molar-refractivity contribution in [1.82, 2.24) is 4.90 Å². The van der Waals surface area contributed by atoms with Crippen LogP contribution in [0.15, 0.2) is 48.5 Å². The third kappa shape index (κ3) is 4.01. The number of anilines is 2. The van der Waals surface area contributed by atoms with Crippen molar-refractivity contribution in [3.8, 4) is 0 Å². The van der Waals surface area contributed by atoms with E-state index in [1.165, 1.54) is 0 Å². The van der Waals surface area contributed by atoms with Gasteiger partial charge >= 0.3 is 0 Å². The molecule has 1 amide bonds. The number of nitrogens with one attached hydrogen (secondary N) is 1. The van der Waals surface area contributed by atoms with Crippen molar-refractivity contribution in [3.63, 3.8) is 0 Å². The van der Waals surface area contributed by atoms with Crippen molar-refractivity contribution in [2.24, 2.45) is 0 Å². The second kappa shape index (κ2) is 7.58. The van der Waals surface area contributed by atoms with Gasteiger partial charge in [-0.25, -0.2) is 0 Å². The topological polar surface area (TPSA) is 35.6 Å². The Hall–Kier alpha value is -2.20. The van der Waals surface area contributed by atoms with Crippen LogP contribution in [0.25, 0.3) is 0 Å². The summed E-state index contributed by atoms with van der Waals surface area (Å²) in [5, 5.41) is 3.98. The SMILES string of the molecule is Cc1ccccc1NCC(=O)N1CCN(c2cccc(Cl)c2)CC1. The summed E-state index contributed by atoms with van der Waals surface area (Å²) in [4.78, 5) is 16.6. The average molecular weight is 344 g/mol. The first-order valence-corrected chi connectivity index (χ1v) is 8.59. The van der Waals surface area contributed by atoms with E-state index in [9.17, 15) is 4.79 Å². The van der Waals surface area contributed by atoms with Crippen molar-refractivity contribution < 1.29 is 4.79 Å². The summed E-state index contributed by atoms with van der Waals surface area (Å²) >= 11 is 6.06. The van der Waals surface area contributed by atoms with Gasteiger partial charge in [-0.15, -0.1) is 0 Å². The first kappa shape index (κ1) is 16.7. The van der Waals surface area contributed by atoms with E-state index >= 15 is 0 Å². The first-order chi connectivity index (χ1) is 11.6. The smallest absolute Gasteiger partial charge is 0.241 e. The summed E-state index contributed by atoms with van der Waals surface area (Å²) in [6.45, 7) is 5.51. The number of hydrogen-bond donors (Lipinski definition) is 1. The Labute approximate surface area is 148 Å². The predicted molar refractivity (Wildman–Crippen MR) is 99.9 cm³/mol. The molecule has 0 bridgehead atoms. The number of carbonyl (C=O) groups excluding carboxylic acids is 1. The minimum Gasteiger partial charge on any atom is -0.376 e. The number of hydrogen-bond acceptors (Lipinski definition) is 3. The zero-order valence-electron chi connectivity index (χ0n) is 13.8. The molecule has 1 aliphatic heterocycles. The maximum absolute atomic E-state index is 12.4. The number of carbonyl (C=O) groups is 1. The highest BCUT2D eigenvalue weighted by molar-refractivity contribution is 6.30. The van der Waals surface area contributed by atoms with E-state index in [2.05, 4.69) is 16.3 Å². The van der Waals surface area contributed by atoms with Gasteiger partial charge in [0.1, 0.15) is 0 Å². The molecule has 5 heteroatoms. The fraction of sp³-hybridized carbons (Fsp3) is 0.316. The van der Waals surface area contributed by atoms with E-state index in [0.29, 0.717) is 6.54 Å². The standard InChI is InChI=1S/C19H22ClN3O/c1-15-5-2-3-8-18(15)21-14-19(24)23-11-9-22(10-12-23)17-7-4-6-16(20)13-17/h2-8,13,21H,9-12,14H2,1H3. The van der Waals surface area contributed by atoms with Crippen molar-refractivity contribution in [2.75, 3.05) is 42.9 Å². The van der Waals surface area contributed by atoms with Gasteiger partial charge in [-0.3, -0.25) is 4.79 Å². The predicted octanol–water partition coefficient (Wildman–Crippen LogP) is 3.41. The van der Waals surface area contributed by atoms with Crippen LogP contribution in [0, 0.1) is 6.92 Å². The number of rotatable bonds is 4. The van der Waals surface area contributed by atoms with Crippen LogP contribution in [0.3, 0.4) is 0 Å². The van der Waals surface area contributed by atoms with Crippen molar-refractivity contribution in [2.45, 2.75) is 6.92 Å². The monoisotopic (exact) mass is 343 g/mol. The third-order valence-corrected chi connectivity index (χ3v) is 4.62. The van der Waals surface area contributed by atoms with E-state index in [0.717, 1.165) is 48.1 Å². The maximum atomic E-state index is 12.4. The summed E-state index contributed by atoms with van der Waals surface area (Å²) < 4.78 is 0. The highest BCUT2D eigenvalue weighted by Crippen LogP contribution is 2.21. The molecule has 4 nitrogen and oxygen atoms in total. The van der Waals surface area contributed by atoms with Crippen molar-refractivity contribution in [1.29, 1.82) is 0 Å². The van der Waals surface area contributed by atoms with Crippen LogP contribution in [0.5, 0.6) is 0 Å². The Kier molecular flexibility index (Phi) is 5.26. The van der Waals surface area contributed by atoms with Gasteiger partial charge in [0, 0.05) is 42.6 Å². The van der Waals surface area contributed by atoms with E-state index in [1.807, 2.05) is 54.3 Å². The van der Waals surface area contributed by atoms with Crippen LogP contribution in [0.1, 0.15) is 5.56 Å². The average Bonchev–Trinajstić information content (AvgIpc) is 2.61. The van der Waals surface area contributed by atoms with E-state index < -0.39 is 0 Å². The molecule has 1 aliphatic rings. The van der Waals surface area contributed by atoms with Gasteiger partial charge in [-0.05, 0) is 36.8 Å². The number of para-hydroxylation sites is 1. The van der Waals surface area contributed by atoms with Crippen LogP contribution in [0.4, 0.5) is 11.4 Å². The highest BCUT2D eigenvalue weighted by Gasteiger charge is 2.21. The quantitative estimate of drug-likeness (QED) is 0.924. The molecule has 1 heterocycles. The molecule has 1 N–H and O–H groups in total. The lowest BCUT2D eigenvalue weighted by Crippen LogP contribution is -2.50. The molecule has 2 aromatic rings. The zero-order chi connectivity index (χ0) is 16.9. The Morgan fingerprint density at radius 1 is 1.08 bits per heavy atom. The van der Waals surface area contributed by atoms with Gasteiger partial charge in [0.15, 0.2) is 0 Å². The Morgan fingerprint density at radius 2 is 1.83 bits per heavy atom. The summed E-state index contributed by atoms with van der Waals surface area (Å²) in [5.74, 6) is 0.143. The zero-order valence-corrected chi connectivity index (χ0v) is 14.6. The number of halogens is 1. The van der Waals surface area contributed by atoms with Gasteiger partial charge in [-0.2, -0.15) is 0 Å². The largest absolute Gasteiger partial charge is 0.376 e. The Balaban J connectivity index is 1.51. The van der Waals surface area contributed by atoms with Crippen LogP contribution in [-0.4, -0.2) is 43.5 Å². The molecule has 0 atom stereocenters. The molecule has 0 aromatic heterocycles. The van der Waals surface area contributed by atoms with Gasteiger partial charge in [-0.1, -0.05) is 35.9 Å². The van der Waals surface area contributed by atoms with Crippen LogP contribution < -0.4 is 10.2 Å². The molecule has 24 heavy (non-hydrogen) atoms. The number of nitrogens with zero attached hydrogens (tertiary/aromatic N) is 2. The van der Waals surface area contributed by atoms with Crippen LogP contribution in [-0.2, 0) is 4.79 Å². The summed E-state index contributed by atoms with van der Waals surface area (Å²) in [6.07, 6.45) is 0. The lowest BCUT2D eigenvalue weighted by molar-refractivity contribution is -0.129. The molecule has 3 rings (SSSR count). The van der Waals surface area contributed by atoms with Gasteiger partial charge < -0.3 is 15.1 Å². The fourth-order valence-electron chi connectivity index (χ4n) is 2.94. The summed E-state index contributed by atoms with van der Waals surface area (Å²) in [5.41, 5.74) is 3.28. The summed E-state index contributed by atoms with van der Waals surface area (Å²) in [6, 6.07) is 15.9. The molecule has 0 spiro atoms. The highest BCUT2D eigenvalue weighted by atomic mass is 35.5. The third-order valence-electron chi connectivity index (χ3n) is 4.38. The van der Waals surface area contributed by atoms with E-state index in [4.69, 9.17) is 11.6 Å². The minimum atomic E-state index is 0.143. The minimum absolute atomic E-state index is 0.143. The normalized spacial score (nSPS) is 14.6. The molecule has 0 unspecified atom stereocenters. The van der Waals surface area contributed by atoms with Gasteiger partial charge in [0.05, 0.1) is 6.54 Å². The second-order valence-electron chi connectivity index (χ2n) is 6.02. The number of benzene rings is 2. The molecule has 0 aliphatic carbocycles. The molecular weight excluding hydrogens is 322 g/mol. The lowest BCUT2D eigenvalue weighted by atomic mass is 10.2. The van der Waals surface area contributed by atoms with Crippen LogP contribution in [0.2, 0.25) is 5.02 Å². The maximum Gasteiger partial charge on any atom is 0.241 e. The Bertz CT molecular complexity index is 711. The first-order valence-electron chi connectivity index (χ1n) is 8.21. The van der Waals surface area contributed by atoms with Gasteiger partial charge in [0.25, 0.3) is 0 Å². The van der Waals surface area contributed by atoms with Crippen LogP contribution >= 0.6 is 11.6 Å². The number of piperazine rings is 1. The summed E-state index contributed by atoms with van der Waals surface area (Å²) in [7, 11) is 0. The lowest BCUT2D eigenvalue weighted by Gasteiger charge is -2.36. The second-order valence-corrected chi connectivity index (χ2v) is 6.45. The van der Waals surface area contributed by atoms with E-state index in [-0.39, 0.29) is 5.91 Å². The molecule has 2 aromatic carbocycles. The van der Waals surface area contributed by atoms with Crippen molar-refractivity contribution in [3.05, 3.63) is 59.1 Å². The molecule has 126 valence electrons. The molecule has 1 saturated heterocycles. The number of amides is 1.